The zero-order chi connectivity index (χ0) is 29.2. The molecule has 0 aromatic heterocycles. The van der Waals surface area contributed by atoms with Crippen molar-refractivity contribution < 1.29 is 31.1 Å². The molecule has 0 N–H and O–H groups in total. The average Bonchev–Trinajstić information content (AvgIpc) is 2.90. The van der Waals surface area contributed by atoms with Crippen LogP contribution >= 0.6 is 0 Å². The van der Waals surface area contributed by atoms with E-state index < -0.39 is 23.5 Å². The van der Waals surface area contributed by atoms with Crippen LogP contribution in [0, 0.1) is 5.92 Å². The van der Waals surface area contributed by atoms with Gasteiger partial charge in [-0.3, -0.25) is 4.79 Å². The van der Waals surface area contributed by atoms with Gasteiger partial charge >= 0.3 is 12.4 Å². The number of rotatable bonds is 7. The number of carbonyl (C=O) groups is 1. The smallest absolute Gasteiger partial charge is 0.368 e. The van der Waals surface area contributed by atoms with E-state index in [9.17, 15) is 31.1 Å². The molecule has 0 radical (unpaired) electrons. The van der Waals surface area contributed by atoms with Crippen molar-refractivity contribution in [1.82, 2.24) is 0 Å². The molecule has 4 rings (SSSR count). The summed E-state index contributed by atoms with van der Waals surface area (Å²) in [6, 6.07) is 16.0. The predicted octanol–water partition coefficient (Wildman–Crippen LogP) is 8.44. The van der Waals surface area contributed by atoms with Crippen molar-refractivity contribution in [2.24, 2.45) is 5.92 Å². The number of ketones is 1. The van der Waals surface area contributed by atoms with E-state index in [-0.39, 0.29) is 17.6 Å². The molecule has 0 amide bonds. The van der Waals surface area contributed by atoms with Crippen LogP contribution < -0.4 is 9.80 Å². The largest absolute Gasteiger partial charge is 0.416 e. The number of hydrogen-bond acceptors (Lipinski definition) is 3. The number of carbonyl (C=O) groups excluding carboxylic acids is 1. The first-order valence-electron chi connectivity index (χ1n) is 13.2. The molecule has 0 bridgehead atoms. The van der Waals surface area contributed by atoms with Crippen LogP contribution in [0.15, 0.2) is 66.7 Å². The summed E-state index contributed by atoms with van der Waals surface area (Å²) in [5.74, 6) is -0.0961. The minimum Gasteiger partial charge on any atom is -0.368 e. The molecule has 214 valence electrons. The van der Waals surface area contributed by atoms with Gasteiger partial charge in [0.1, 0.15) is 5.78 Å². The number of nitrogens with zero attached hydrogens (tertiary/aromatic N) is 2. The van der Waals surface area contributed by atoms with E-state index in [1.165, 1.54) is 18.2 Å². The Hall–Kier alpha value is -3.49. The number of Topliss-reactive ketones (excluding diaryl/α,β-unsaturated/α-hetero) is 1. The van der Waals surface area contributed by atoms with Gasteiger partial charge in [0.25, 0.3) is 0 Å². The van der Waals surface area contributed by atoms with Crippen molar-refractivity contribution >= 4 is 17.2 Å². The van der Waals surface area contributed by atoms with Crippen LogP contribution in [-0.2, 0) is 17.1 Å². The molecule has 1 heterocycles. The Kier molecular flexibility index (Phi) is 8.52. The Morgan fingerprint density at radius 3 is 1.82 bits per heavy atom. The number of benzene rings is 3. The fourth-order valence-electron chi connectivity index (χ4n) is 5.15. The third-order valence-electron chi connectivity index (χ3n) is 7.27. The van der Waals surface area contributed by atoms with Crippen molar-refractivity contribution in [2.75, 3.05) is 36.0 Å². The van der Waals surface area contributed by atoms with Gasteiger partial charge < -0.3 is 9.80 Å². The molecule has 3 aromatic rings. The highest BCUT2D eigenvalue weighted by Crippen LogP contribution is 2.36. The molecule has 40 heavy (non-hydrogen) atoms. The lowest BCUT2D eigenvalue weighted by Crippen LogP contribution is -2.46. The maximum atomic E-state index is 13.2. The van der Waals surface area contributed by atoms with E-state index >= 15 is 0 Å². The topological polar surface area (TPSA) is 23.6 Å². The van der Waals surface area contributed by atoms with E-state index in [2.05, 4.69) is 4.90 Å². The molecular weight excluding hydrogens is 530 g/mol. The molecule has 1 unspecified atom stereocenters. The second-order valence-electron chi connectivity index (χ2n) is 10.7. The Bertz CT molecular complexity index is 1320. The minimum atomic E-state index is -4.44. The summed E-state index contributed by atoms with van der Waals surface area (Å²) >= 11 is 0. The van der Waals surface area contributed by atoms with Crippen molar-refractivity contribution in [2.45, 2.75) is 45.5 Å². The van der Waals surface area contributed by atoms with Gasteiger partial charge in [0.15, 0.2) is 0 Å². The molecule has 3 nitrogen and oxygen atoms in total. The molecule has 0 aliphatic carbocycles. The molecular formula is C31H32F6N2O. The van der Waals surface area contributed by atoms with E-state index in [0.29, 0.717) is 49.4 Å². The Labute approximate surface area is 230 Å². The maximum Gasteiger partial charge on any atom is 0.416 e. The predicted molar refractivity (Wildman–Crippen MR) is 146 cm³/mol. The van der Waals surface area contributed by atoms with E-state index in [1.807, 2.05) is 36.9 Å². The number of anilines is 2. The standard InChI is InChI=1S/C31H32F6N2O/c1-20(2)15-29(21(3)40)24-16-23(22-7-9-25(10-8-22)30(32,33)34)17-28(18-24)39-13-11-38(12-14-39)27-6-4-5-26(19-27)31(35,36)37/h4-10,16-20,29H,11-15H2,1-3H3. The zero-order valence-corrected chi connectivity index (χ0v) is 22.6. The molecule has 1 aliphatic rings. The first-order chi connectivity index (χ1) is 18.7. The van der Waals surface area contributed by atoms with Crippen LogP contribution in [0.25, 0.3) is 11.1 Å². The van der Waals surface area contributed by atoms with Crippen molar-refractivity contribution in [3.63, 3.8) is 0 Å². The van der Waals surface area contributed by atoms with Crippen molar-refractivity contribution in [3.05, 3.63) is 83.4 Å². The summed E-state index contributed by atoms with van der Waals surface area (Å²) in [6.07, 6.45) is -8.23. The molecule has 1 aliphatic heterocycles. The summed E-state index contributed by atoms with van der Waals surface area (Å²) in [6.45, 7) is 7.65. The highest BCUT2D eigenvalue weighted by Gasteiger charge is 2.32. The summed E-state index contributed by atoms with van der Waals surface area (Å²) in [5.41, 5.74) is 2.01. The Morgan fingerprint density at radius 2 is 1.30 bits per heavy atom. The molecule has 0 spiro atoms. The van der Waals surface area contributed by atoms with Gasteiger partial charge in [-0.05, 0) is 78.4 Å². The van der Waals surface area contributed by atoms with Crippen LogP contribution in [-0.4, -0.2) is 32.0 Å². The zero-order valence-electron chi connectivity index (χ0n) is 22.6. The Balaban J connectivity index is 1.65. The summed E-state index contributed by atoms with van der Waals surface area (Å²) < 4.78 is 79.0. The van der Waals surface area contributed by atoms with Gasteiger partial charge in [0.2, 0.25) is 0 Å². The minimum absolute atomic E-state index is 0.0126. The lowest BCUT2D eigenvalue weighted by molar-refractivity contribution is -0.138. The lowest BCUT2D eigenvalue weighted by Gasteiger charge is -2.38. The maximum absolute atomic E-state index is 13.2. The third-order valence-corrected chi connectivity index (χ3v) is 7.27. The van der Waals surface area contributed by atoms with E-state index in [0.717, 1.165) is 35.5 Å². The van der Waals surface area contributed by atoms with Gasteiger partial charge in [0, 0.05) is 43.5 Å². The van der Waals surface area contributed by atoms with Crippen LogP contribution in [0.2, 0.25) is 0 Å². The summed E-state index contributed by atoms with van der Waals surface area (Å²) in [7, 11) is 0. The molecule has 1 atom stereocenters. The van der Waals surface area contributed by atoms with Crippen molar-refractivity contribution in [1.29, 1.82) is 0 Å². The van der Waals surface area contributed by atoms with Gasteiger partial charge in [-0.1, -0.05) is 38.1 Å². The van der Waals surface area contributed by atoms with E-state index in [1.54, 1.807) is 13.0 Å². The molecule has 3 aromatic carbocycles. The molecule has 0 saturated carbocycles. The lowest BCUT2D eigenvalue weighted by atomic mass is 9.85. The second kappa shape index (κ2) is 11.6. The van der Waals surface area contributed by atoms with Gasteiger partial charge in [-0.25, -0.2) is 0 Å². The quantitative estimate of drug-likeness (QED) is 0.270. The van der Waals surface area contributed by atoms with Gasteiger partial charge in [-0.2, -0.15) is 26.3 Å². The second-order valence-corrected chi connectivity index (χ2v) is 10.7. The summed E-state index contributed by atoms with van der Waals surface area (Å²) in [5, 5.41) is 0. The molecule has 9 heteroatoms. The van der Waals surface area contributed by atoms with Crippen molar-refractivity contribution in [3.8, 4) is 11.1 Å². The first kappa shape index (κ1) is 29.5. The fourth-order valence-corrected chi connectivity index (χ4v) is 5.15. The highest BCUT2D eigenvalue weighted by molar-refractivity contribution is 5.85. The van der Waals surface area contributed by atoms with E-state index in [4.69, 9.17) is 0 Å². The normalized spacial score (nSPS) is 15.4. The third kappa shape index (κ3) is 6.98. The average molecular weight is 563 g/mol. The van der Waals surface area contributed by atoms with Crippen LogP contribution in [0.3, 0.4) is 0 Å². The summed E-state index contributed by atoms with van der Waals surface area (Å²) in [4.78, 5) is 16.7. The Morgan fingerprint density at radius 1 is 0.725 bits per heavy atom. The van der Waals surface area contributed by atoms with Crippen LogP contribution in [0.1, 0.15) is 49.8 Å². The highest BCUT2D eigenvalue weighted by atomic mass is 19.4. The molecule has 1 fully saturated rings. The number of piperazine rings is 1. The first-order valence-corrected chi connectivity index (χ1v) is 13.2. The number of halogens is 6. The van der Waals surface area contributed by atoms with Crippen LogP contribution in [0.5, 0.6) is 0 Å². The number of alkyl halides is 6. The van der Waals surface area contributed by atoms with Gasteiger partial charge in [-0.15, -0.1) is 0 Å². The fraction of sp³-hybridized carbons (Fsp3) is 0.387. The molecule has 1 saturated heterocycles. The van der Waals surface area contributed by atoms with Gasteiger partial charge in [0.05, 0.1) is 11.1 Å². The van der Waals surface area contributed by atoms with Crippen LogP contribution in [0.4, 0.5) is 37.7 Å². The SMILES string of the molecule is CC(=O)C(CC(C)C)c1cc(-c2ccc(C(F)(F)F)cc2)cc(N2CCN(c3cccc(C(F)(F)F)c3)CC2)c1. The number of hydrogen-bond donors (Lipinski definition) is 0. The monoisotopic (exact) mass is 562 g/mol.